The van der Waals surface area contributed by atoms with Gasteiger partial charge in [0.05, 0.1) is 0 Å². The lowest BCUT2D eigenvalue weighted by atomic mass is 10.0. The molecule has 1 unspecified atom stereocenters. The number of hydrogen-bond donors (Lipinski definition) is 1. The van der Waals surface area contributed by atoms with Gasteiger partial charge < -0.3 is 5.32 Å². The molecule has 1 N–H and O–H groups in total. The van der Waals surface area contributed by atoms with Crippen LogP contribution in [0.4, 0.5) is 0 Å². The maximum absolute atomic E-state index is 3.63. The Labute approximate surface area is 76.8 Å². The van der Waals surface area contributed by atoms with Gasteiger partial charge in [-0.3, -0.25) is 0 Å². The van der Waals surface area contributed by atoms with Crippen molar-refractivity contribution in [3.63, 3.8) is 0 Å². The van der Waals surface area contributed by atoms with Crippen LogP contribution in [0.1, 0.15) is 29.3 Å². The summed E-state index contributed by atoms with van der Waals surface area (Å²) in [6.07, 6.45) is 4.12. The molecule has 2 heteroatoms. The molecule has 0 radical (unpaired) electrons. The Bertz CT molecular complexity index is 288. The van der Waals surface area contributed by atoms with Gasteiger partial charge in [0.1, 0.15) is 0 Å². The van der Waals surface area contributed by atoms with Crippen LogP contribution in [0, 0.1) is 5.92 Å². The van der Waals surface area contributed by atoms with E-state index in [0.29, 0.717) is 6.04 Å². The van der Waals surface area contributed by atoms with Crippen molar-refractivity contribution < 1.29 is 0 Å². The van der Waals surface area contributed by atoms with Crippen LogP contribution < -0.4 is 5.32 Å². The Morgan fingerprint density at radius 2 is 2.33 bits per heavy atom. The molecule has 0 saturated heterocycles. The summed E-state index contributed by atoms with van der Waals surface area (Å²) in [5.74, 6) is 0.961. The predicted octanol–water partition coefficient (Wildman–Crippen LogP) is 2.34. The molecule has 3 rings (SSSR count). The molecule has 1 nitrogen and oxygen atoms in total. The van der Waals surface area contributed by atoms with Crippen LogP contribution in [0.5, 0.6) is 0 Å². The van der Waals surface area contributed by atoms with Gasteiger partial charge in [0.15, 0.2) is 0 Å². The highest BCUT2D eigenvalue weighted by molar-refractivity contribution is 7.10. The Morgan fingerprint density at radius 3 is 3.17 bits per heavy atom. The molecule has 1 atom stereocenters. The van der Waals surface area contributed by atoms with Crippen molar-refractivity contribution in [2.75, 3.05) is 6.54 Å². The van der Waals surface area contributed by atoms with Gasteiger partial charge in [0.2, 0.25) is 0 Å². The lowest BCUT2D eigenvalue weighted by molar-refractivity contribution is 0.467. The number of hydrogen-bond acceptors (Lipinski definition) is 2. The van der Waals surface area contributed by atoms with E-state index in [-0.39, 0.29) is 0 Å². The Morgan fingerprint density at radius 1 is 1.42 bits per heavy atom. The molecule has 1 fully saturated rings. The zero-order chi connectivity index (χ0) is 7.97. The third-order valence-electron chi connectivity index (χ3n) is 2.92. The van der Waals surface area contributed by atoms with Crippen LogP contribution in [0.3, 0.4) is 0 Å². The van der Waals surface area contributed by atoms with Crippen LogP contribution in [-0.4, -0.2) is 6.54 Å². The first-order chi connectivity index (χ1) is 5.95. The van der Waals surface area contributed by atoms with E-state index < -0.39 is 0 Å². The van der Waals surface area contributed by atoms with Crippen molar-refractivity contribution in [3.05, 3.63) is 21.9 Å². The predicted molar refractivity (Wildman–Crippen MR) is 51.5 cm³/mol. The second-order valence-electron chi connectivity index (χ2n) is 3.83. The minimum absolute atomic E-state index is 0.716. The molecule has 12 heavy (non-hydrogen) atoms. The quantitative estimate of drug-likeness (QED) is 0.697. The second-order valence-corrected chi connectivity index (χ2v) is 4.78. The highest BCUT2D eigenvalue weighted by atomic mass is 32.1. The third-order valence-corrected chi connectivity index (χ3v) is 3.96. The molecular weight excluding hydrogens is 166 g/mol. The number of rotatable bonds is 1. The van der Waals surface area contributed by atoms with E-state index in [1.54, 1.807) is 10.4 Å². The summed E-state index contributed by atoms with van der Waals surface area (Å²) in [7, 11) is 0. The van der Waals surface area contributed by atoms with Gasteiger partial charge in [-0.2, -0.15) is 0 Å². The maximum atomic E-state index is 3.63. The average Bonchev–Trinajstić information content (AvgIpc) is 2.82. The normalized spacial score (nSPS) is 28.5. The first kappa shape index (κ1) is 7.10. The second kappa shape index (κ2) is 2.57. The summed E-state index contributed by atoms with van der Waals surface area (Å²) < 4.78 is 0. The smallest absolute Gasteiger partial charge is 0.0446 e. The third kappa shape index (κ3) is 1.02. The molecule has 1 aromatic rings. The molecule has 0 aromatic carbocycles. The molecule has 0 bridgehead atoms. The van der Waals surface area contributed by atoms with Crippen molar-refractivity contribution >= 4 is 11.3 Å². The lowest BCUT2D eigenvalue weighted by Crippen LogP contribution is -2.29. The molecule has 2 aliphatic rings. The van der Waals surface area contributed by atoms with Crippen LogP contribution in [0.15, 0.2) is 11.4 Å². The Hall–Kier alpha value is -0.340. The molecule has 1 saturated carbocycles. The van der Waals surface area contributed by atoms with Gasteiger partial charge in [-0.05, 0) is 48.7 Å². The number of nitrogens with one attached hydrogen (secondary N) is 1. The molecule has 0 spiro atoms. The summed E-state index contributed by atoms with van der Waals surface area (Å²) in [5, 5.41) is 5.88. The van der Waals surface area contributed by atoms with Gasteiger partial charge in [0, 0.05) is 10.9 Å². The summed E-state index contributed by atoms with van der Waals surface area (Å²) in [4.78, 5) is 1.63. The van der Waals surface area contributed by atoms with Crippen molar-refractivity contribution in [3.8, 4) is 0 Å². The first-order valence-corrected chi connectivity index (χ1v) is 5.63. The Kier molecular flexibility index (Phi) is 1.52. The van der Waals surface area contributed by atoms with Crippen molar-refractivity contribution in [1.82, 2.24) is 5.32 Å². The molecule has 1 aromatic heterocycles. The largest absolute Gasteiger partial charge is 0.309 e. The summed E-state index contributed by atoms with van der Waals surface area (Å²) in [6.45, 7) is 1.19. The minimum Gasteiger partial charge on any atom is -0.309 e. The van der Waals surface area contributed by atoms with Crippen LogP contribution >= 0.6 is 11.3 Å². The van der Waals surface area contributed by atoms with Gasteiger partial charge >= 0.3 is 0 Å². The molecule has 2 heterocycles. The van der Waals surface area contributed by atoms with Crippen molar-refractivity contribution in [2.24, 2.45) is 5.92 Å². The molecule has 0 amide bonds. The highest BCUT2D eigenvalue weighted by Crippen LogP contribution is 2.44. The van der Waals surface area contributed by atoms with E-state index in [1.807, 2.05) is 11.3 Å². The standard InChI is InChI=1S/C10H13NS/c1-2-7(1)9-10-8(3-5-11-9)4-6-12-10/h4,6-7,9,11H,1-3,5H2. The van der Waals surface area contributed by atoms with Crippen LogP contribution in [-0.2, 0) is 6.42 Å². The van der Waals surface area contributed by atoms with Crippen molar-refractivity contribution in [1.29, 1.82) is 0 Å². The zero-order valence-corrected chi connectivity index (χ0v) is 7.86. The van der Waals surface area contributed by atoms with E-state index in [1.165, 1.54) is 25.8 Å². The first-order valence-electron chi connectivity index (χ1n) is 4.75. The van der Waals surface area contributed by atoms with Crippen LogP contribution in [0.25, 0.3) is 0 Å². The van der Waals surface area contributed by atoms with E-state index in [0.717, 1.165) is 5.92 Å². The highest BCUT2D eigenvalue weighted by Gasteiger charge is 2.35. The van der Waals surface area contributed by atoms with Gasteiger partial charge in [-0.25, -0.2) is 0 Å². The topological polar surface area (TPSA) is 12.0 Å². The SMILES string of the molecule is c1cc2c(s1)C(C1CC1)NCC2. The van der Waals surface area contributed by atoms with Crippen molar-refractivity contribution in [2.45, 2.75) is 25.3 Å². The molecule has 1 aliphatic carbocycles. The summed E-state index contributed by atoms with van der Waals surface area (Å²) in [6, 6.07) is 3.02. The fourth-order valence-corrected chi connectivity index (χ4v) is 3.21. The van der Waals surface area contributed by atoms with E-state index >= 15 is 0 Å². The molecule has 64 valence electrons. The monoisotopic (exact) mass is 179 g/mol. The van der Waals surface area contributed by atoms with Gasteiger partial charge in [-0.1, -0.05) is 0 Å². The number of thiophene rings is 1. The van der Waals surface area contributed by atoms with E-state index in [4.69, 9.17) is 0 Å². The maximum Gasteiger partial charge on any atom is 0.0446 e. The van der Waals surface area contributed by atoms with E-state index in [9.17, 15) is 0 Å². The van der Waals surface area contributed by atoms with E-state index in [2.05, 4.69) is 16.8 Å². The fraction of sp³-hybridized carbons (Fsp3) is 0.600. The lowest BCUT2D eigenvalue weighted by Gasteiger charge is -2.23. The fourth-order valence-electron chi connectivity index (χ4n) is 2.09. The summed E-state index contributed by atoms with van der Waals surface area (Å²) in [5.41, 5.74) is 1.61. The Balaban J connectivity index is 1.97. The van der Waals surface area contributed by atoms with Gasteiger partial charge in [-0.15, -0.1) is 11.3 Å². The number of fused-ring (bicyclic) bond motifs is 1. The zero-order valence-electron chi connectivity index (χ0n) is 7.05. The molecule has 1 aliphatic heterocycles. The summed E-state index contributed by atoms with van der Waals surface area (Å²) >= 11 is 1.94. The average molecular weight is 179 g/mol. The minimum atomic E-state index is 0.716. The molecular formula is C10H13NS. The van der Waals surface area contributed by atoms with Gasteiger partial charge in [0.25, 0.3) is 0 Å². The van der Waals surface area contributed by atoms with Crippen LogP contribution in [0.2, 0.25) is 0 Å².